The highest BCUT2D eigenvalue weighted by molar-refractivity contribution is 5.92. The number of carboxylic acid groups (broad SMARTS) is 1. The van der Waals surface area contributed by atoms with Crippen LogP contribution < -0.4 is 4.74 Å². The second-order valence-electron chi connectivity index (χ2n) is 11.2. The van der Waals surface area contributed by atoms with E-state index in [2.05, 4.69) is 9.97 Å². The highest BCUT2D eigenvalue weighted by Crippen LogP contribution is 2.32. The lowest BCUT2D eigenvalue weighted by atomic mass is 9.96. The second kappa shape index (κ2) is 12.3. The number of benzene rings is 3. The van der Waals surface area contributed by atoms with E-state index in [1.54, 1.807) is 29.7 Å². The first-order valence-electron chi connectivity index (χ1n) is 14.4. The number of hydrogen-bond acceptors (Lipinski definition) is 5. The Morgan fingerprint density at radius 2 is 1.73 bits per heavy atom. The van der Waals surface area contributed by atoms with E-state index in [1.165, 1.54) is 36.4 Å². The fourth-order valence-corrected chi connectivity index (χ4v) is 5.45. The molecule has 0 bridgehead atoms. The van der Waals surface area contributed by atoms with Crippen LogP contribution in [0.2, 0.25) is 0 Å². The molecule has 1 N–H and O–H groups in total. The van der Waals surface area contributed by atoms with Crippen LogP contribution in [0.25, 0.3) is 22.3 Å². The number of imidazole rings is 1. The first-order valence-corrected chi connectivity index (χ1v) is 14.4. The Labute approximate surface area is 256 Å². The van der Waals surface area contributed by atoms with E-state index < -0.39 is 29.1 Å². The van der Waals surface area contributed by atoms with Crippen molar-refractivity contribution < 1.29 is 36.9 Å². The number of carboxylic acids is 1. The van der Waals surface area contributed by atoms with Crippen LogP contribution in [-0.2, 0) is 24.3 Å². The third kappa shape index (κ3) is 6.53. The molecule has 3 heterocycles. The molecule has 0 aliphatic carbocycles. The van der Waals surface area contributed by atoms with Gasteiger partial charge in [0, 0.05) is 49.7 Å². The third-order valence-electron chi connectivity index (χ3n) is 7.97. The van der Waals surface area contributed by atoms with Gasteiger partial charge in [-0.05, 0) is 60.5 Å². The number of hydrogen-bond donors (Lipinski definition) is 1. The number of nitrogens with zero attached hydrogens (tertiary/aromatic N) is 3. The van der Waals surface area contributed by atoms with Crippen molar-refractivity contribution in [3.63, 3.8) is 0 Å². The first-order chi connectivity index (χ1) is 21.6. The van der Waals surface area contributed by atoms with Crippen LogP contribution >= 0.6 is 0 Å². The van der Waals surface area contributed by atoms with Gasteiger partial charge in [-0.25, -0.2) is 32.3 Å². The van der Waals surface area contributed by atoms with Crippen molar-refractivity contribution >= 4 is 17.0 Å². The molecule has 0 atom stereocenters. The number of ether oxygens (including phenoxy) is 2. The minimum Gasteiger partial charge on any atom is -0.478 e. The number of carbonyl (C=O) groups is 1. The van der Waals surface area contributed by atoms with E-state index >= 15 is 13.2 Å². The zero-order valence-electron chi connectivity index (χ0n) is 24.3. The fourth-order valence-electron chi connectivity index (χ4n) is 5.45. The predicted octanol–water partition coefficient (Wildman–Crippen LogP) is 7.21. The van der Waals surface area contributed by atoms with Crippen LogP contribution in [0.15, 0.2) is 66.7 Å². The molecule has 11 heteroatoms. The zero-order chi connectivity index (χ0) is 31.7. The van der Waals surface area contributed by atoms with Gasteiger partial charge in [0.05, 0.1) is 28.8 Å². The number of aryl methyl sites for hydroxylation is 1. The number of pyridine rings is 1. The molecule has 0 amide bonds. The molecule has 0 saturated carbocycles. The van der Waals surface area contributed by atoms with Crippen molar-refractivity contribution in [1.29, 1.82) is 0 Å². The molecule has 3 aromatic carbocycles. The molecule has 0 unspecified atom stereocenters. The van der Waals surface area contributed by atoms with Crippen molar-refractivity contribution in [3.8, 4) is 17.1 Å². The summed E-state index contributed by atoms with van der Waals surface area (Å²) in [6.07, 6.45) is 0.0989. The highest BCUT2D eigenvalue weighted by atomic mass is 19.1. The van der Waals surface area contributed by atoms with E-state index in [-0.39, 0.29) is 79.7 Å². The first kappa shape index (κ1) is 30.3. The van der Waals surface area contributed by atoms with Crippen molar-refractivity contribution in [2.24, 2.45) is 0 Å². The normalized spacial score (nSPS) is 14.5. The molecule has 45 heavy (non-hydrogen) atoms. The number of alkyl halides is 1. The summed E-state index contributed by atoms with van der Waals surface area (Å²) in [6, 6.07) is 15.8. The Kier molecular flexibility index (Phi) is 8.28. The summed E-state index contributed by atoms with van der Waals surface area (Å²) in [4.78, 5) is 20.5. The van der Waals surface area contributed by atoms with Crippen molar-refractivity contribution in [3.05, 3.63) is 112 Å². The molecule has 1 fully saturated rings. The van der Waals surface area contributed by atoms with Crippen molar-refractivity contribution in [2.75, 3.05) is 13.2 Å². The fraction of sp³-hybridized carbons (Fsp3) is 0.265. The van der Waals surface area contributed by atoms with E-state index in [1.807, 2.05) is 0 Å². The molecule has 0 spiro atoms. The van der Waals surface area contributed by atoms with Gasteiger partial charge < -0.3 is 19.1 Å². The Hall–Kier alpha value is -4.77. The summed E-state index contributed by atoms with van der Waals surface area (Å²) in [6.45, 7) is 2.01. The molecule has 5 aromatic rings. The molecule has 6 rings (SSSR count). The Balaban J connectivity index is 1.29. The molecular formula is C34H29F4N3O4. The smallest absolute Gasteiger partial charge is 0.335 e. The zero-order valence-corrected chi connectivity index (χ0v) is 24.3. The molecular weight excluding hydrogens is 590 g/mol. The van der Waals surface area contributed by atoms with Crippen LogP contribution in [0.3, 0.4) is 0 Å². The Morgan fingerprint density at radius 3 is 2.49 bits per heavy atom. The summed E-state index contributed by atoms with van der Waals surface area (Å²) < 4.78 is 73.6. The largest absolute Gasteiger partial charge is 0.478 e. The summed E-state index contributed by atoms with van der Waals surface area (Å²) in [7, 11) is 0. The number of fused-ring (bicyclic) bond motifs is 1. The maximum atomic E-state index is 15.8. The molecule has 1 saturated heterocycles. The molecule has 2 aromatic heterocycles. The van der Waals surface area contributed by atoms with Gasteiger partial charge in [-0.15, -0.1) is 0 Å². The van der Waals surface area contributed by atoms with E-state index in [0.29, 0.717) is 16.6 Å². The van der Waals surface area contributed by atoms with Crippen LogP contribution in [-0.4, -0.2) is 44.5 Å². The highest BCUT2D eigenvalue weighted by Gasteiger charge is 2.34. The molecule has 1 aliphatic heterocycles. The predicted molar refractivity (Wildman–Crippen MR) is 158 cm³/mol. The standard InChI is InChI=1S/C34H29F4N3O4/c1-20-5-6-22(25(35)13-20)18-45-32-4-2-3-28(40-32)24-17-26(36)23(14-27(24)37)16-31-39-29-8-7-21(33(42)43)15-30(29)41(31)19-34(38)9-11-44-12-10-34/h2-8,13-15,17H,9-12,16,18-19H2,1H3,(H,42,43). The monoisotopic (exact) mass is 619 g/mol. The number of aromatic carboxylic acids is 1. The van der Waals surface area contributed by atoms with Crippen LogP contribution in [0, 0.1) is 24.4 Å². The second-order valence-corrected chi connectivity index (χ2v) is 11.2. The van der Waals surface area contributed by atoms with Gasteiger partial charge in [0.15, 0.2) is 0 Å². The summed E-state index contributed by atoms with van der Waals surface area (Å²) in [5, 5.41) is 9.52. The average Bonchev–Trinajstić information content (AvgIpc) is 3.34. The topological polar surface area (TPSA) is 86.5 Å². The lowest BCUT2D eigenvalue weighted by Crippen LogP contribution is -2.36. The minimum atomic E-state index is -1.64. The summed E-state index contributed by atoms with van der Waals surface area (Å²) in [5.74, 6) is -2.67. The number of rotatable bonds is 9. The maximum Gasteiger partial charge on any atom is 0.335 e. The van der Waals surface area contributed by atoms with Gasteiger partial charge in [-0.1, -0.05) is 18.2 Å². The lowest BCUT2D eigenvalue weighted by molar-refractivity contribution is -0.0175. The molecule has 1 aliphatic rings. The maximum absolute atomic E-state index is 15.8. The lowest BCUT2D eigenvalue weighted by Gasteiger charge is -2.30. The van der Waals surface area contributed by atoms with E-state index in [0.717, 1.165) is 17.7 Å². The minimum absolute atomic E-state index is 0.000580. The van der Waals surface area contributed by atoms with Gasteiger partial charge >= 0.3 is 5.97 Å². The van der Waals surface area contributed by atoms with Crippen LogP contribution in [0.4, 0.5) is 17.6 Å². The number of aromatic nitrogens is 3. The van der Waals surface area contributed by atoms with Gasteiger partial charge in [-0.2, -0.15) is 0 Å². The number of halogens is 4. The van der Waals surface area contributed by atoms with Crippen molar-refractivity contribution in [2.45, 2.75) is 45.0 Å². The Morgan fingerprint density at radius 1 is 0.956 bits per heavy atom. The van der Waals surface area contributed by atoms with Gasteiger partial charge in [0.1, 0.15) is 35.6 Å². The Bertz CT molecular complexity index is 1900. The SMILES string of the molecule is Cc1ccc(COc2cccc(-c3cc(F)c(Cc4nc5ccc(C(=O)O)cc5n4CC4(F)CCOCC4)cc3F)n2)c(F)c1. The third-order valence-corrected chi connectivity index (χ3v) is 7.97. The van der Waals surface area contributed by atoms with Gasteiger partial charge in [0.25, 0.3) is 0 Å². The van der Waals surface area contributed by atoms with Gasteiger partial charge in [-0.3, -0.25) is 0 Å². The van der Waals surface area contributed by atoms with Crippen LogP contribution in [0.1, 0.15) is 45.7 Å². The average molecular weight is 620 g/mol. The summed E-state index contributed by atoms with van der Waals surface area (Å²) >= 11 is 0. The van der Waals surface area contributed by atoms with Crippen molar-refractivity contribution in [1.82, 2.24) is 14.5 Å². The summed E-state index contributed by atoms with van der Waals surface area (Å²) in [5.41, 5.74) is 0.250. The molecule has 7 nitrogen and oxygen atoms in total. The van der Waals surface area contributed by atoms with E-state index in [9.17, 15) is 14.3 Å². The molecule has 0 radical (unpaired) electrons. The van der Waals surface area contributed by atoms with Crippen LogP contribution in [0.5, 0.6) is 5.88 Å². The van der Waals surface area contributed by atoms with Gasteiger partial charge in [0.2, 0.25) is 5.88 Å². The quantitative estimate of drug-likeness (QED) is 0.176. The van der Waals surface area contributed by atoms with E-state index in [4.69, 9.17) is 9.47 Å². The molecule has 232 valence electrons.